The van der Waals surface area contributed by atoms with E-state index in [-0.39, 0.29) is 6.04 Å². The molecule has 4 nitrogen and oxygen atoms in total. The van der Waals surface area contributed by atoms with Crippen LogP contribution in [0.3, 0.4) is 0 Å². The highest BCUT2D eigenvalue weighted by Gasteiger charge is 2.25. The molecule has 0 spiro atoms. The lowest BCUT2D eigenvalue weighted by atomic mass is 10.1. The molecule has 1 heterocycles. The molecule has 1 rings (SSSR count). The summed E-state index contributed by atoms with van der Waals surface area (Å²) in [7, 11) is 0. The molecule has 2 atom stereocenters. The lowest BCUT2D eigenvalue weighted by Gasteiger charge is -2.30. The smallest absolute Gasteiger partial charge is 0.159 e. The van der Waals surface area contributed by atoms with Crippen molar-refractivity contribution in [3.8, 4) is 0 Å². The van der Waals surface area contributed by atoms with Gasteiger partial charge in [-0.1, -0.05) is 6.92 Å². The first-order chi connectivity index (χ1) is 5.22. The van der Waals surface area contributed by atoms with Gasteiger partial charge in [0.15, 0.2) is 12.6 Å². The van der Waals surface area contributed by atoms with E-state index in [1.165, 1.54) is 0 Å². The topological polar surface area (TPSA) is 61.7 Å². The number of nitrogens with one attached hydrogen (secondary N) is 1. The average Bonchev–Trinajstić information content (AvgIpc) is 1.85. The minimum absolute atomic E-state index is 0.179. The third kappa shape index (κ3) is 2.75. The number of hydrogen-bond donors (Lipinski definition) is 3. The molecule has 2 unspecified atom stereocenters. The number of rotatable bonds is 2. The Kier molecular flexibility index (Phi) is 3.26. The standard InChI is InChI=1S/C7H15NO3/c1-2-8-5-3-6(9)11-7(10)4-5/h5-10H,2-4H2,1H3. The number of aliphatic hydroxyl groups is 2. The Balaban J connectivity index is 2.30. The van der Waals surface area contributed by atoms with Crippen molar-refractivity contribution in [1.82, 2.24) is 5.32 Å². The van der Waals surface area contributed by atoms with Crippen LogP contribution >= 0.6 is 0 Å². The van der Waals surface area contributed by atoms with Gasteiger partial charge in [-0.05, 0) is 6.54 Å². The Bertz CT molecular complexity index is 110. The third-order valence-corrected chi connectivity index (χ3v) is 1.78. The number of ether oxygens (including phenoxy) is 1. The van der Waals surface area contributed by atoms with E-state index in [4.69, 9.17) is 14.9 Å². The Hall–Kier alpha value is -0.160. The molecule has 1 saturated heterocycles. The summed E-state index contributed by atoms with van der Waals surface area (Å²) in [5.74, 6) is 0. The van der Waals surface area contributed by atoms with Crippen molar-refractivity contribution in [2.75, 3.05) is 6.54 Å². The maximum atomic E-state index is 9.05. The molecular formula is C7H15NO3. The molecule has 0 radical (unpaired) electrons. The van der Waals surface area contributed by atoms with Gasteiger partial charge in [-0.3, -0.25) is 0 Å². The molecule has 1 aliphatic heterocycles. The van der Waals surface area contributed by atoms with Gasteiger partial charge in [-0.25, -0.2) is 0 Å². The highest BCUT2D eigenvalue weighted by molar-refractivity contribution is 4.73. The van der Waals surface area contributed by atoms with Gasteiger partial charge in [0.25, 0.3) is 0 Å². The van der Waals surface area contributed by atoms with Crippen LogP contribution < -0.4 is 5.32 Å². The SMILES string of the molecule is CCNC1CC(O)OC(O)C1. The van der Waals surface area contributed by atoms with Gasteiger partial charge in [0.05, 0.1) is 0 Å². The first-order valence-electron chi connectivity index (χ1n) is 3.97. The fraction of sp³-hybridized carbons (Fsp3) is 1.00. The molecule has 1 fully saturated rings. The Morgan fingerprint density at radius 3 is 2.36 bits per heavy atom. The second-order valence-electron chi connectivity index (χ2n) is 2.77. The number of aliphatic hydroxyl groups excluding tert-OH is 2. The predicted molar refractivity (Wildman–Crippen MR) is 39.8 cm³/mol. The van der Waals surface area contributed by atoms with Crippen molar-refractivity contribution in [1.29, 1.82) is 0 Å². The maximum absolute atomic E-state index is 9.05. The molecule has 66 valence electrons. The van der Waals surface area contributed by atoms with Gasteiger partial charge in [-0.2, -0.15) is 0 Å². The first-order valence-corrected chi connectivity index (χ1v) is 3.97. The highest BCUT2D eigenvalue weighted by Crippen LogP contribution is 2.15. The normalized spacial score (nSPS) is 39.0. The van der Waals surface area contributed by atoms with Crippen LogP contribution in [0.25, 0.3) is 0 Å². The molecule has 0 aromatic carbocycles. The van der Waals surface area contributed by atoms with E-state index in [1.807, 2.05) is 6.92 Å². The minimum atomic E-state index is -0.817. The summed E-state index contributed by atoms with van der Waals surface area (Å²) in [4.78, 5) is 0. The Morgan fingerprint density at radius 1 is 1.36 bits per heavy atom. The van der Waals surface area contributed by atoms with Crippen molar-refractivity contribution in [2.24, 2.45) is 0 Å². The zero-order valence-corrected chi connectivity index (χ0v) is 6.66. The predicted octanol–water partition coefficient (Wildman–Crippen LogP) is -0.588. The fourth-order valence-corrected chi connectivity index (χ4v) is 1.33. The zero-order chi connectivity index (χ0) is 8.27. The average molecular weight is 161 g/mol. The lowest BCUT2D eigenvalue weighted by Crippen LogP contribution is -2.42. The van der Waals surface area contributed by atoms with Crippen LogP contribution in [0.5, 0.6) is 0 Å². The van der Waals surface area contributed by atoms with Crippen LogP contribution in [0.15, 0.2) is 0 Å². The van der Waals surface area contributed by atoms with E-state index in [2.05, 4.69) is 5.32 Å². The largest absolute Gasteiger partial charge is 0.368 e. The summed E-state index contributed by atoms with van der Waals surface area (Å²) in [6.45, 7) is 2.85. The van der Waals surface area contributed by atoms with Crippen LogP contribution in [0.2, 0.25) is 0 Å². The van der Waals surface area contributed by atoms with E-state index < -0.39 is 12.6 Å². The van der Waals surface area contributed by atoms with Crippen LogP contribution in [0, 0.1) is 0 Å². The Labute approximate surface area is 66.2 Å². The number of hydrogen-bond acceptors (Lipinski definition) is 4. The second-order valence-corrected chi connectivity index (χ2v) is 2.77. The van der Waals surface area contributed by atoms with Crippen LogP contribution in [0.1, 0.15) is 19.8 Å². The summed E-state index contributed by atoms with van der Waals surface area (Å²) < 4.78 is 4.73. The summed E-state index contributed by atoms with van der Waals surface area (Å²) in [5.41, 5.74) is 0. The molecule has 0 aliphatic carbocycles. The van der Waals surface area contributed by atoms with Crippen molar-refractivity contribution in [3.63, 3.8) is 0 Å². The zero-order valence-electron chi connectivity index (χ0n) is 6.66. The van der Waals surface area contributed by atoms with Gasteiger partial charge in [-0.15, -0.1) is 0 Å². The third-order valence-electron chi connectivity index (χ3n) is 1.78. The molecule has 3 N–H and O–H groups in total. The minimum Gasteiger partial charge on any atom is -0.368 e. The maximum Gasteiger partial charge on any atom is 0.159 e. The lowest BCUT2D eigenvalue weighted by molar-refractivity contribution is -0.237. The molecule has 0 amide bonds. The quantitative estimate of drug-likeness (QED) is 0.506. The molecule has 4 heteroatoms. The van der Waals surface area contributed by atoms with E-state index in [0.29, 0.717) is 12.8 Å². The molecule has 0 aromatic heterocycles. The molecule has 0 bridgehead atoms. The van der Waals surface area contributed by atoms with Gasteiger partial charge >= 0.3 is 0 Å². The van der Waals surface area contributed by atoms with E-state index in [9.17, 15) is 0 Å². The summed E-state index contributed by atoms with van der Waals surface area (Å²) in [6.07, 6.45) is -0.513. The van der Waals surface area contributed by atoms with Gasteiger partial charge in [0, 0.05) is 18.9 Å². The van der Waals surface area contributed by atoms with Crippen LogP contribution in [-0.2, 0) is 4.74 Å². The van der Waals surface area contributed by atoms with Crippen molar-refractivity contribution >= 4 is 0 Å². The Morgan fingerprint density at radius 2 is 1.91 bits per heavy atom. The second kappa shape index (κ2) is 4.01. The fourth-order valence-electron chi connectivity index (χ4n) is 1.33. The summed E-state index contributed by atoms with van der Waals surface area (Å²) in [6, 6.07) is 0.179. The molecule has 0 saturated carbocycles. The molecule has 0 aromatic rings. The van der Waals surface area contributed by atoms with Gasteiger partial charge in [0.2, 0.25) is 0 Å². The van der Waals surface area contributed by atoms with Crippen LogP contribution in [0.4, 0.5) is 0 Å². The van der Waals surface area contributed by atoms with E-state index in [0.717, 1.165) is 6.54 Å². The van der Waals surface area contributed by atoms with Crippen LogP contribution in [-0.4, -0.2) is 35.4 Å². The van der Waals surface area contributed by atoms with Crippen molar-refractivity contribution in [2.45, 2.75) is 38.4 Å². The van der Waals surface area contributed by atoms with Gasteiger partial charge in [0.1, 0.15) is 0 Å². The molecule has 1 aliphatic rings. The molecule has 11 heavy (non-hydrogen) atoms. The monoisotopic (exact) mass is 161 g/mol. The van der Waals surface area contributed by atoms with E-state index >= 15 is 0 Å². The van der Waals surface area contributed by atoms with Crippen molar-refractivity contribution in [3.05, 3.63) is 0 Å². The summed E-state index contributed by atoms with van der Waals surface area (Å²) >= 11 is 0. The first kappa shape index (κ1) is 8.93. The summed E-state index contributed by atoms with van der Waals surface area (Å²) in [5, 5.41) is 21.3. The molecular weight excluding hydrogens is 146 g/mol. The van der Waals surface area contributed by atoms with Gasteiger partial charge < -0.3 is 20.3 Å². The van der Waals surface area contributed by atoms with E-state index in [1.54, 1.807) is 0 Å². The van der Waals surface area contributed by atoms with Crippen molar-refractivity contribution < 1.29 is 14.9 Å². The highest BCUT2D eigenvalue weighted by atomic mass is 16.7.